The van der Waals surface area contributed by atoms with Gasteiger partial charge in [-0.05, 0) is 31.0 Å². The van der Waals surface area contributed by atoms with Crippen molar-refractivity contribution in [3.8, 4) is 17.0 Å². The lowest BCUT2D eigenvalue weighted by Gasteiger charge is -2.14. The molecule has 28 heavy (non-hydrogen) atoms. The van der Waals surface area contributed by atoms with E-state index in [0.717, 1.165) is 35.7 Å². The molecule has 3 heterocycles. The van der Waals surface area contributed by atoms with Crippen molar-refractivity contribution in [2.75, 3.05) is 7.11 Å². The Morgan fingerprint density at radius 3 is 2.82 bits per heavy atom. The molecular formula is C21H22N5O2+. The van der Waals surface area contributed by atoms with Crippen LogP contribution in [-0.2, 0) is 0 Å². The highest BCUT2D eigenvalue weighted by Crippen LogP contribution is 2.30. The van der Waals surface area contributed by atoms with Crippen LogP contribution in [0.1, 0.15) is 37.5 Å². The fourth-order valence-corrected chi connectivity index (χ4v) is 4.26. The van der Waals surface area contributed by atoms with Crippen LogP contribution >= 0.6 is 0 Å². The lowest BCUT2D eigenvalue weighted by Crippen LogP contribution is -2.32. The van der Waals surface area contributed by atoms with Crippen molar-refractivity contribution in [1.29, 1.82) is 0 Å². The van der Waals surface area contributed by atoms with Gasteiger partial charge in [0.1, 0.15) is 11.1 Å². The normalized spacial score (nSPS) is 14.9. The molecule has 0 radical (unpaired) electrons. The van der Waals surface area contributed by atoms with Gasteiger partial charge in [0, 0.05) is 24.7 Å². The highest BCUT2D eigenvalue weighted by molar-refractivity contribution is 5.90. The van der Waals surface area contributed by atoms with Crippen molar-refractivity contribution in [2.24, 2.45) is 0 Å². The number of hydrogen-bond donors (Lipinski definition) is 1. The van der Waals surface area contributed by atoms with E-state index in [2.05, 4.69) is 15.1 Å². The second-order valence-electron chi connectivity index (χ2n) is 7.36. The molecule has 142 valence electrons. The van der Waals surface area contributed by atoms with Gasteiger partial charge in [-0.15, -0.1) is 4.52 Å². The van der Waals surface area contributed by atoms with Gasteiger partial charge in [-0.3, -0.25) is 4.79 Å². The zero-order chi connectivity index (χ0) is 19.3. The number of rotatable bonds is 3. The first-order chi connectivity index (χ1) is 13.7. The number of nitrogens with zero attached hydrogens (tertiary/aromatic N) is 4. The number of methoxy groups -OCH3 is 1. The third-order valence-corrected chi connectivity index (χ3v) is 5.58. The summed E-state index contributed by atoms with van der Waals surface area (Å²) in [6.45, 7) is 1.88. The third-order valence-electron chi connectivity index (χ3n) is 5.58. The van der Waals surface area contributed by atoms with E-state index in [4.69, 9.17) is 4.74 Å². The molecule has 1 saturated carbocycles. The smallest absolute Gasteiger partial charge is 0.458 e. The van der Waals surface area contributed by atoms with Crippen LogP contribution in [0.4, 0.5) is 0 Å². The number of fused-ring (bicyclic) bond motifs is 2. The monoisotopic (exact) mass is 376 g/mol. The summed E-state index contributed by atoms with van der Waals surface area (Å²) < 4.78 is 9.09. The number of aromatic amines is 1. The highest BCUT2D eigenvalue weighted by atomic mass is 16.5. The molecule has 1 aliphatic carbocycles. The van der Waals surface area contributed by atoms with E-state index in [1.807, 2.05) is 48.0 Å². The molecule has 7 nitrogen and oxygen atoms in total. The number of hydrogen-bond acceptors (Lipinski definition) is 4. The molecule has 1 aliphatic rings. The molecule has 3 aromatic heterocycles. The Bertz CT molecular complexity index is 1250. The standard InChI is InChI=1S/C21H21N5O2/c1-13-22-21-23-17-10-11-25(15-7-3-4-8-15)20(27)18(17)19(26(21)24-13)14-6-5-9-16(12-14)28-2/h5-6,9-12,15H,3-4,7-8H2,1-2H3/p+1. The van der Waals surface area contributed by atoms with Gasteiger partial charge in [0.05, 0.1) is 7.11 Å². The van der Waals surface area contributed by atoms with Gasteiger partial charge < -0.3 is 9.30 Å². The van der Waals surface area contributed by atoms with Gasteiger partial charge in [0.2, 0.25) is 5.82 Å². The average Bonchev–Trinajstić information content (AvgIpc) is 3.35. The van der Waals surface area contributed by atoms with Gasteiger partial charge in [-0.1, -0.05) is 34.9 Å². The van der Waals surface area contributed by atoms with E-state index in [-0.39, 0.29) is 11.6 Å². The van der Waals surface area contributed by atoms with Crippen LogP contribution in [0.15, 0.2) is 41.3 Å². The van der Waals surface area contributed by atoms with Crippen LogP contribution in [0.5, 0.6) is 5.75 Å². The largest absolute Gasteiger partial charge is 0.497 e. The Balaban J connectivity index is 1.89. The van der Waals surface area contributed by atoms with Crippen molar-refractivity contribution < 1.29 is 9.25 Å². The van der Waals surface area contributed by atoms with E-state index in [0.29, 0.717) is 16.7 Å². The molecule has 5 rings (SSSR count). The molecule has 0 amide bonds. The van der Waals surface area contributed by atoms with Crippen LogP contribution in [0.2, 0.25) is 0 Å². The van der Waals surface area contributed by atoms with Crippen LogP contribution in [0, 0.1) is 6.92 Å². The molecule has 1 aromatic carbocycles. The Morgan fingerprint density at radius 2 is 2.04 bits per heavy atom. The fraction of sp³-hybridized carbons (Fsp3) is 0.333. The maximum Gasteiger partial charge on any atom is 0.458 e. The predicted octanol–water partition coefficient (Wildman–Crippen LogP) is 2.96. The molecule has 0 aliphatic heterocycles. The van der Waals surface area contributed by atoms with Crippen molar-refractivity contribution in [3.63, 3.8) is 0 Å². The van der Waals surface area contributed by atoms with Crippen LogP contribution in [-0.4, -0.2) is 26.7 Å². The van der Waals surface area contributed by atoms with E-state index < -0.39 is 0 Å². The second kappa shape index (κ2) is 6.44. The topological polar surface area (TPSA) is 76.9 Å². The van der Waals surface area contributed by atoms with Gasteiger partial charge >= 0.3 is 5.78 Å². The molecule has 1 fully saturated rings. The Kier molecular flexibility index (Phi) is 3.89. The quantitative estimate of drug-likeness (QED) is 0.558. The molecule has 0 saturated heterocycles. The first-order valence-electron chi connectivity index (χ1n) is 9.63. The Hall–Kier alpha value is -3.22. The van der Waals surface area contributed by atoms with Crippen LogP contribution < -0.4 is 14.8 Å². The number of ether oxygens (including phenoxy) is 1. The van der Waals surface area contributed by atoms with E-state index in [1.54, 1.807) is 11.6 Å². The Morgan fingerprint density at radius 1 is 1.21 bits per heavy atom. The van der Waals surface area contributed by atoms with Crippen LogP contribution in [0.3, 0.4) is 0 Å². The third kappa shape index (κ3) is 2.58. The number of pyridine rings is 1. The summed E-state index contributed by atoms with van der Waals surface area (Å²) >= 11 is 0. The summed E-state index contributed by atoms with van der Waals surface area (Å²) in [5, 5.41) is 3.83. The minimum Gasteiger partial charge on any atom is -0.497 e. The molecule has 1 N–H and O–H groups in total. The fourth-order valence-electron chi connectivity index (χ4n) is 4.26. The first kappa shape index (κ1) is 16.9. The summed E-state index contributed by atoms with van der Waals surface area (Å²) in [4.78, 5) is 22.7. The van der Waals surface area contributed by atoms with Gasteiger partial charge in [-0.2, -0.15) is 0 Å². The zero-order valence-electron chi connectivity index (χ0n) is 16.0. The summed E-state index contributed by atoms with van der Waals surface area (Å²) in [7, 11) is 1.64. The number of benzene rings is 1. The molecule has 0 atom stereocenters. The lowest BCUT2D eigenvalue weighted by molar-refractivity contribution is -0.567. The van der Waals surface area contributed by atoms with Crippen molar-refractivity contribution in [1.82, 2.24) is 19.6 Å². The maximum atomic E-state index is 13.6. The number of nitrogens with one attached hydrogen (secondary N) is 1. The summed E-state index contributed by atoms with van der Waals surface area (Å²) in [5.41, 5.74) is 2.29. The molecule has 0 bridgehead atoms. The number of aromatic nitrogens is 5. The van der Waals surface area contributed by atoms with Gasteiger partial charge in [0.15, 0.2) is 11.2 Å². The molecule has 0 unspecified atom stereocenters. The summed E-state index contributed by atoms with van der Waals surface area (Å²) in [6.07, 6.45) is 6.32. The molecule has 4 aromatic rings. The molecular weight excluding hydrogens is 354 g/mol. The molecule has 7 heteroatoms. The SMILES string of the molecule is COc1cccc(-c2c3c(=O)n(C4CCCC4)ccc3nc3nc(C)[nH][n+]23)c1. The number of H-pyrrole nitrogens is 1. The zero-order valence-corrected chi connectivity index (χ0v) is 16.0. The van der Waals surface area contributed by atoms with E-state index in [1.165, 1.54) is 12.8 Å². The summed E-state index contributed by atoms with van der Waals surface area (Å²) in [5.74, 6) is 2.02. The van der Waals surface area contributed by atoms with E-state index in [9.17, 15) is 4.79 Å². The molecule has 0 spiro atoms. The Labute approximate surface area is 161 Å². The predicted molar refractivity (Wildman–Crippen MR) is 106 cm³/mol. The van der Waals surface area contributed by atoms with Crippen molar-refractivity contribution >= 4 is 16.7 Å². The lowest BCUT2D eigenvalue weighted by atomic mass is 10.1. The van der Waals surface area contributed by atoms with E-state index >= 15 is 0 Å². The van der Waals surface area contributed by atoms with Crippen molar-refractivity contribution in [2.45, 2.75) is 38.6 Å². The van der Waals surface area contributed by atoms with Gasteiger partial charge in [-0.25, -0.2) is 5.10 Å². The minimum atomic E-state index is -0.00336. The maximum absolute atomic E-state index is 13.6. The highest BCUT2D eigenvalue weighted by Gasteiger charge is 2.26. The van der Waals surface area contributed by atoms with Crippen molar-refractivity contribution in [3.05, 3.63) is 52.7 Å². The minimum absolute atomic E-state index is 0.00336. The van der Waals surface area contributed by atoms with Crippen LogP contribution in [0.25, 0.3) is 27.9 Å². The number of aryl methyl sites for hydroxylation is 1. The first-order valence-corrected chi connectivity index (χ1v) is 9.63. The second-order valence-corrected chi connectivity index (χ2v) is 7.36. The van der Waals surface area contributed by atoms with Gasteiger partial charge in [0.25, 0.3) is 5.56 Å². The summed E-state index contributed by atoms with van der Waals surface area (Å²) in [6, 6.07) is 9.93. The average molecular weight is 376 g/mol.